The van der Waals surface area contributed by atoms with E-state index in [2.05, 4.69) is 6.58 Å². The van der Waals surface area contributed by atoms with Gasteiger partial charge in [0.05, 0.1) is 6.61 Å². The Morgan fingerprint density at radius 3 is 0.590 bits per heavy atom. The molecule has 0 heterocycles. The summed E-state index contributed by atoms with van der Waals surface area (Å²) in [6.45, 7) is 21.6. The van der Waals surface area contributed by atoms with Crippen molar-refractivity contribution in [2.45, 2.75) is 148 Å². The molecule has 0 radical (unpaired) electrons. The molecule has 13 nitrogen and oxygen atoms in total. The predicted octanol–water partition coefficient (Wildman–Crippen LogP) is 8.85. The first-order valence-electron chi connectivity index (χ1n) is 24.4. The van der Waals surface area contributed by atoms with Gasteiger partial charge in [0, 0.05) is 144 Å². The van der Waals surface area contributed by atoms with Crippen molar-refractivity contribution in [3.05, 3.63) is 12.2 Å². The summed E-state index contributed by atoms with van der Waals surface area (Å²) >= 11 is 0. The lowest BCUT2D eigenvalue weighted by atomic mass is 10.3. The number of rotatable bonds is 55. The Morgan fingerprint density at radius 2 is 0.443 bits per heavy atom. The zero-order chi connectivity index (χ0) is 44.0. The maximum atomic E-state index is 11.3. The summed E-state index contributed by atoms with van der Waals surface area (Å²) in [7, 11) is 0. The second kappa shape index (κ2) is 54.9. The third-order valence-electron chi connectivity index (χ3n) is 9.41. The number of esters is 1. The highest BCUT2D eigenvalue weighted by Crippen LogP contribution is 2.03. The first-order chi connectivity index (χ1) is 30.2. The highest BCUT2D eigenvalue weighted by atomic mass is 16.5. The third kappa shape index (κ3) is 54.8. The Balaban J connectivity index is 3.08. The SMILES string of the molecule is C=C(C)C(=O)OCCCCOCCCCOCCCCOCCCCOCCCCOCCCCOCCCCOCCCCOCCCCOCCCCOCCCCO. The van der Waals surface area contributed by atoms with Crippen LogP contribution in [-0.2, 0) is 56.9 Å². The van der Waals surface area contributed by atoms with Crippen LogP contribution in [0.2, 0.25) is 0 Å². The molecular formula is C48H94O13. The van der Waals surface area contributed by atoms with Gasteiger partial charge in [0.15, 0.2) is 0 Å². The van der Waals surface area contributed by atoms with E-state index in [1.54, 1.807) is 6.92 Å². The van der Waals surface area contributed by atoms with Crippen molar-refractivity contribution in [3.8, 4) is 0 Å². The molecule has 0 aliphatic rings. The molecule has 0 aromatic carbocycles. The molecule has 0 aromatic heterocycles. The number of carbonyl (C=O) groups is 1. The number of aliphatic hydroxyl groups is 1. The zero-order valence-corrected chi connectivity index (χ0v) is 39.2. The number of aliphatic hydroxyl groups excluding tert-OH is 1. The Labute approximate surface area is 372 Å². The fourth-order valence-corrected chi connectivity index (χ4v) is 5.61. The molecule has 0 saturated heterocycles. The van der Waals surface area contributed by atoms with Gasteiger partial charge in [0.2, 0.25) is 0 Å². The van der Waals surface area contributed by atoms with Crippen LogP contribution in [-0.4, -0.2) is 156 Å². The number of hydrogen-bond acceptors (Lipinski definition) is 13. The van der Waals surface area contributed by atoms with Crippen LogP contribution in [0.15, 0.2) is 12.2 Å². The lowest BCUT2D eigenvalue weighted by molar-refractivity contribution is -0.139. The van der Waals surface area contributed by atoms with Gasteiger partial charge in [-0.1, -0.05) is 6.58 Å². The Kier molecular flexibility index (Phi) is 53.8. The molecule has 0 aliphatic carbocycles. The summed E-state index contributed by atoms with van der Waals surface area (Å²) in [5.74, 6) is -0.323. The van der Waals surface area contributed by atoms with Gasteiger partial charge < -0.3 is 57.2 Å². The Morgan fingerprint density at radius 1 is 0.295 bits per heavy atom. The van der Waals surface area contributed by atoms with Crippen LogP contribution in [0.4, 0.5) is 0 Å². The van der Waals surface area contributed by atoms with Gasteiger partial charge in [-0.3, -0.25) is 0 Å². The molecule has 0 aliphatic heterocycles. The predicted molar refractivity (Wildman–Crippen MR) is 243 cm³/mol. The van der Waals surface area contributed by atoms with Crippen molar-refractivity contribution in [1.29, 1.82) is 0 Å². The van der Waals surface area contributed by atoms with Gasteiger partial charge in [0.1, 0.15) is 0 Å². The smallest absolute Gasteiger partial charge is 0.333 e. The van der Waals surface area contributed by atoms with Crippen LogP contribution in [0, 0.1) is 0 Å². The summed E-state index contributed by atoms with van der Waals surface area (Å²) in [4.78, 5) is 11.3. The van der Waals surface area contributed by atoms with Gasteiger partial charge in [-0.2, -0.15) is 0 Å². The lowest BCUT2D eigenvalue weighted by Crippen LogP contribution is -2.07. The van der Waals surface area contributed by atoms with E-state index in [-0.39, 0.29) is 12.6 Å². The summed E-state index contributed by atoms with van der Waals surface area (Å²) < 4.78 is 62.1. The van der Waals surface area contributed by atoms with Gasteiger partial charge in [-0.15, -0.1) is 0 Å². The molecule has 0 rings (SSSR count). The van der Waals surface area contributed by atoms with E-state index in [9.17, 15) is 4.79 Å². The second-order valence-corrected chi connectivity index (χ2v) is 15.5. The van der Waals surface area contributed by atoms with Gasteiger partial charge in [0.25, 0.3) is 0 Å². The number of ether oxygens (including phenoxy) is 11. The van der Waals surface area contributed by atoms with Crippen molar-refractivity contribution in [2.75, 3.05) is 145 Å². The topological polar surface area (TPSA) is 139 Å². The molecule has 0 aromatic rings. The molecular weight excluding hydrogens is 785 g/mol. The lowest BCUT2D eigenvalue weighted by Gasteiger charge is -2.08. The van der Waals surface area contributed by atoms with Crippen LogP contribution in [0.25, 0.3) is 0 Å². The summed E-state index contributed by atoms with van der Waals surface area (Å²) in [6, 6.07) is 0. The zero-order valence-electron chi connectivity index (χ0n) is 39.2. The van der Waals surface area contributed by atoms with Crippen LogP contribution in [0.1, 0.15) is 148 Å². The van der Waals surface area contributed by atoms with E-state index < -0.39 is 0 Å². The van der Waals surface area contributed by atoms with Gasteiger partial charge in [-0.25, -0.2) is 4.79 Å². The van der Waals surface area contributed by atoms with E-state index in [4.69, 9.17) is 57.2 Å². The number of hydrogen-bond donors (Lipinski definition) is 1. The molecule has 13 heteroatoms. The third-order valence-corrected chi connectivity index (χ3v) is 9.41. The van der Waals surface area contributed by atoms with E-state index in [1.807, 2.05) is 0 Å². The van der Waals surface area contributed by atoms with Gasteiger partial charge >= 0.3 is 5.97 Å². The van der Waals surface area contributed by atoms with Crippen molar-refractivity contribution in [2.24, 2.45) is 0 Å². The molecule has 0 saturated carbocycles. The molecule has 0 atom stereocenters. The highest BCUT2D eigenvalue weighted by molar-refractivity contribution is 5.86. The Bertz CT molecular complexity index is 850. The summed E-state index contributed by atoms with van der Waals surface area (Å²) in [5.41, 5.74) is 0.435. The minimum absolute atomic E-state index is 0.248. The second-order valence-electron chi connectivity index (χ2n) is 15.5. The van der Waals surface area contributed by atoms with Crippen LogP contribution >= 0.6 is 0 Å². The standard InChI is InChI=1S/C48H94O13/c1-47(2)48(50)61-46-24-23-45-60-44-22-21-43-59-42-20-19-41-58-40-18-17-39-57-38-16-15-37-56-36-14-13-35-55-34-12-11-33-54-32-10-9-31-53-30-8-7-29-52-28-6-5-27-51-26-4-3-25-49/h49H,1,3-46H2,2H3. The quantitative estimate of drug-likeness (QED) is 0.0354. The molecule has 0 fully saturated rings. The van der Waals surface area contributed by atoms with Crippen molar-refractivity contribution < 1.29 is 62.0 Å². The summed E-state index contributed by atoms with van der Waals surface area (Å²) in [5, 5.41) is 8.73. The van der Waals surface area contributed by atoms with Crippen molar-refractivity contribution >= 4 is 5.97 Å². The number of unbranched alkanes of at least 4 members (excludes halogenated alkanes) is 11. The number of carbonyl (C=O) groups excluding carboxylic acids is 1. The molecule has 0 bridgehead atoms. The Hall–Kier alpha value is -1.23. The normalized spacial score (nSPS) is 11.5. The highest BCUT2D eigenvalue weighted by Gasteiger charge is 2.02. The van der Waals surface area contributed by atoms with Gasteiger partial charge in [-0.05, 0) is 148 Å². The van der Waals surface area contributed by atoms with Crippen molar-refractivity contribution in [1.82, 2.24) is 0 Å². The molecule has 364 valence electrons. The fourth-order valence-electron chi connectivity index (χ4n) is 5.61. The first-order valence-corrected chi connectivity index (χ1v) is 24.4. The average Bonchev–Trinajstić information content (AvgIpc) is 3.26. The minimum Gasteiger partial charge on any atom is -0.462 e. The average molecular weight is 879 g/mol. The maximum Gasteiger partial charge on any atom is 0.333 e. The van der Waals surface area contributed by atoms with Crippen molar-refractivity contribution in [3.63, 3.8) is 0 Å². The minimum atomic E-state index is -0.323. The molecule has 0 amide bonds. The van der Waals surface area contributed by atoms with E-state index in [0.29, 0.717) is 18.8 Å². The monoisotopic (exact) mass is 879 g/mol. The maximum absolute atomic E-state index is 11.3. The van der Waals surface area contributed by atoms with Crippen LogP contribution in [0.5, 0.6) is 0 Å². The van der Waals surface area contributed by atoms with E-state index in [0.717, 1.165) is 267 Å². The molecule has 0 unspecified atom stereocenters. The first kappa shape index (κ1) is 59.8. The van der Waals surface area contributed by atoms with Crippen LogP contribution in [0.3, 0.4) is 0 Å². The molecule has 1 N–H and O–H groups in total. The molecule has 0 spiro atoms. The largest absolute Gasteiger partial charge is 0.462 e. The molecule has 61 heavy (non-hydrogen) atoms. The van der Waals surface area contributed by atoms with E-state index >= 15 is 0 Å². The summed E-state index contributed by atoms with van der Waals surface area (Å²) in [6.07, 6.45) is 22.0. The van der Waals surface area contributed by atoms with Crippen LogP contribution < -0.4 is 0 Å². The van der Waals surface area contributed by atoms with E-state index in [1.165, 1.54) is 0 Å². The fraction of sp³-hybridized carbons (Fsp3) is 0.938.